The van der Waals surface area contributed by atoms with Crippen molar-refractivity contribution in [2.75, 3.05) is 31.2 Å². The molecule has 1 fully saturated rings. The number of anilines is 1. The molecule has 0 N–H and O–H groups in total. The molecule has 1 atom stereocenters. The molecule has 1 aliphatic rings. The van der Waals surface area contributed by atoms with Crippen LogP contribution in [0.15, 0.2) is 4.34 Å². The lowest BCUT2D eigenvalue weighted by atomic mass is 10.5. The van der Waals surface area contributed by atoms with Crippen molar-refractivity contribution in [2.24, 2.45) is 0 Å². The van der Waals surface area contributed by atoms with Gasteiger partial charge < -0.3 is 9.64 Å². The highest BCUT2D eigenvalue weighted by atomic mass is 32.2. The fourth-order valence-corrected chi connectivity index (χ4v) is 3.35. The summed E-state index contributed by atoms with van der Waals surface area (Å²) in [5.74, 6) is 0. The Morgan fingerprint density at radius 2 is 2.00 bits per heavy atom. The zero-order valence-electron chi connectivity index (χ0n) is 9.61. The van der Waals surface area contributed by atoms with E-state index in [4.69, 9.17) is 4.74 Å². The van der Waals surface area contributed by atoms with Crippen LogP contribution in [0.4, 0.5) is 18.3 Å². The Hall–Kier alpha value is -0.540. The number of aromatic nitrogens is 2. The van der Waals surface area contributed by atoms with Crippen molar-refractivity contribution in [3.63, 3.8) is 0 Å². The minimum absolute atomic E-state index is 0.348. The van der Waals surface area contributed by atoms with Gasteiger partial charge in [0.15, 0.2) is 4.34 Å². The Morgan fingerprint density at radius 3 is 2.61 bits per heavy atom. The molecule has 2 heterocycles. The van der Waals surface area contributed by atoms with Crippen LogP contribution in [-0.4, -0.2) is 47.9 Å². The monoisotopic (exact) mass is 299 g/mol. The molecule has 1 aliphatic heterocycles. The van der Waals surface area contributed by atoms with Gasteiger partial charge in [0.25, 0.3) is 0 Å². The summed E-state index contributed by atoms with van der Waals surface area (Å²) in [4.78, 5) is 1.98. The van der Waals surface area contributed by atoms with Crippen molar-refractivity contribution in [1.82, 2.24) is 10.2 Å². The van der Waals surface area contributed by atoms with Gasteiger partial charge in [0.2, 0.25) is 5.13 Å². The van der Waals surface area contributed by atoms with Crippen LogP contribution >= 0.6 is 23.1 Å². The zero-order chi connectivity index (χ0) is 13.2. The van der Waals surface area contributed by atoms with Crippen molar-refractivity contribution in [3.05, 3.63) is 0 Å². The summed E-state index contributed by atoms with van der Waals surface area (Å²) in [5.41, 5.74) is 0. The number of hydrogen-bond donors (Lipinski definition) is 0. The molecule has 0 amide bonds. The molecular weight excluding hydrogens is 287 g/mol. The number of hydrogen-bond acceptors (Lipinski definition) is 6. The van der Waals surface area contributed by atoms with Gasteiger partial charge in [0.05, 0.1) is 13.2 Å². The van der Waals surface area contributed by atoms with Gasteiger partial charge in [-0.25, -0.2) is 0 Å². The normalized spacial score (nSPS) is 19.0. The molecule has 0 saturated carbocycles. The maximum atomic E-state index is 12.4. The minimum Gasteiger partial charge on any atom is -0.378 e. The van der Waals surface area contributed by atoms with Crippen LogP contribution in [0, 0.1) is 0 Å². The van der Waals surface area contributed by atoms with Crippen molar-refractivity contribution in [1.29, 1.82) is 0 Å². The number of alkyl halides is 3. The highest BCUT2D eigenvalue weighted by molar-refractivity contribution is 8.01. The van der Waals surface area contributed by atoms with E-state index in [1.807, 2.05) is 4.90 Å². The van der Waals surface area contributed by atoms with E-state index >= 15 is 0 Å². The first-order valence-electron chi connectivity index (χ1n) is 5.36. The van der Waals surface area contributed by atoms with Gasteiger partial charge in [-0.1, -0.05) is 23.1 Å². The number of ether oxygens (including phenoxy) is 1. The van der Waals surface area contributed by atoms with E-state index in [1.54, 1.807) is 0 Å². The number of thioether (sulfide) groups is 1. The Morgan fingerprint density at radius 1 is 1.33 bits per heavy atom. The van der Waals surface area contributed by atoms with Crippen molar-refractivity contribution < 1.29 is 17.9 Å². The second kappa shape index (κ2) is 5.62. The van der Waals surface area contributed by atoms with Crippen LogP contribution in [0.2, 0.25) is 0 Å². The van der Waals surface area contributed by atoms with E-state index in [2.05, 4.69) is 10.2 Å². The molecule has 9 heteroatoms. The first-order chi connectivity index (χ1) is 8.47. The van der Waals surface area contributed by atoms with Gasteiger partial charge in [-0.15, -0.1) is 10.2 Å². The molecule has 102 valence electrons. The number of halogens is 3. The maximum Gasteiger partial charge on any atom is 0.400 e. The van der Waals surface area contributed by atoms with E-state index in [0.717, 1.165) is 6.92 Å². The Bertz CT molecular complexity index is 393. The van der Waals surface area contributed by atoms with Gasteiger partial charge in [0, 0.05) is 13.1 Å². The van der Waals surface area contributed by atoms with Gasteiger partial charge >= 0.3 is 6.18 Å². The van der Waals surface area contributed by atoms with E-state index in [0.29, 0.717) is 47.5 Å². The van der Waals surface area contributed by atoms with E-state index < -0.39 is 11.4 Å². The number of nitrogens with zero attached hydrogens (tertiary/aromatic N) is 3. The topological polar surface area (TPSA) is 38.2 Å². The Kier molecular flexibility index (Phi) is 4.33. The second-order valence-corrected chi connectivity index (χ2v) is 6.30. The zero-order valence-corrected chi connectivity index (χ0v) is 11.2. The molecule has 1 saturated heterocycles. The third-order valence-electron chi connectivity index (χ3n) is 2.42. The van der Waals surface area contributed by atoms with Crippen LogP contribution in [0.25, 0.3) is 0 Å². The number of rotatable bonds is 3. The average Bonchev–Trinajstić information content (AvgIpc) is 2.77. The van der Waals surface area contributed by atoms with E-state index in [9.17, 15) is 13.2 Å². The van der Waals surface area contributed by atoms with Gasteiger partial charge in [0.1, 0.15) is 5.25 Å². The molecule has 18 heavy (non-hydrogen) atoms. The minimum atomic E-state index is -4.21. The lowest BCUT2D eigenvalue weighted by molar-refractivity contribution is -0.125. The standard InChI is InChI=1S/C9H12F3N3OS2/c1-6(9(10,11)12)17-8-14-13-7(18-8)15-2-4-16-5-3-15/h6H,2-5H2,1H3. The molecule has 0 radical (unpaired) electrons. The summed E-state index contributed by atoms with van der Waals surface area (Å²) >= 11 is 1.89. The summed E-state index contributed by atoms with van der Waals surface area (Å²) in [6.07, 6.45) is -4.21. The van der Waals surface area contributed by atoms with Crippen LogP contribution < -0.4 is 4.90 Å². The third-order valence-corrected chi connectivity index (χ3v) is 4.64. The summed E-state index contributed by atoms with van der Waals surface area (Å²) in [7, 11) is 0. The van der Waals surface area contributed by atoms with Gasteiger partial charge in [-0.2, -0.15) is 13.2 Å². The average molecular weight is 299 g/mol. The first-order valence-corrected chi connectivity index (χ1v) is 7.06. The fourth-order valence-electron chi connectivity index (χ4n) is 1.35. The lowest BCUT2D eigenvalue weighted by Gasteiger charge is -2.25. The van der Waals surface area contributed by atoms with Crippen molar-refractivity contribution in [2.45, 2.75) is 22.7 Å². The smallest absolute Gasteiger partial charge is 0.378 e. The maximum absolute atomic E-state index is 12.4. The molecule has 1 aromatic rings. The molecule has 4 nitrogen and oxygen atoms in total. The third kappa shape index (κ3) is 3.48. The van der Waals surface area contributed by atoms with E-state index in [1.165, 1.54) is 11.3 Å². The van der Waals surface area contributed by atoms with Crippen LogP contribution in [0.3, 0.4) is 0 Å². The van der Waals surface area contributed by atoms with E-state index in [-0.39, 0.29) is 0 Å². The fraction of sp³-hybridized carbons (Fsp3) is 0.778. The highest BCUT2D eigenvalue weighted by Crippen LogP contribution is 2.37. The van der Waals surface area contributed by atoms with Crippen LogP contribution in [-0.2, 0) is 4.74 Å². The predicted molar refractivity (Wildman–Crippen MR) is 64.3 cm³/mol. The Labute approximate surface area is 111 Å². The first kappa shape index (κ1) is 13.9. The molecular formula is C9H12F3N3OS2. The summed E-state index contributed by atoms with van der Waals surface area (Å²) < 4.78 is 42.8. The molecule has 0 spiro atoms. The SMILES string of the molecule is CC(Sc1nnc(N2CCOCC2)s1)C(F)(F)F. The van der Waals surface area contributed by atoms with Crippen LogP contribution in [0.5, 0.6) is 0 Å². The summed E-state index contributed by atoms with van der Waals surface area (Å²) in [6, 6.07) is 0. The molecule has 0 bridgehead atoms. The molecule has 1 aromatic heterocycles. The molecule has 0 aromatic carbocycles. The number of morpholine rings is 1. The quantitative estimate of drug-likeness (QED) is 0.801. The lowest BCUT2D eigenvalue weighted by Crippen LogP contribution is -2.36. The van der Waals surface area contributed by atoms with Crippen molar-refractivity contribution >= 4 is 28.2 Å². The predicted octanol–water partition coefficient (Wildman–Crippen LogP) is 2.42. The van der Waals surface area contributed by atoms with Crippen molar-refractivity contribution in [3.8, 4) is 0 Å². The molecule has 1 unspecified atom stereocenters. The molecule has 0 aliphatic carbocycles. The summed E-state index contributed by atoms with van der Waals surface area (Å²) in [5, 5.41) is 6.91. The molecule has 2 rings (SSSR count). The summed E-state index contributed by atoms with van der Waals surface area (Å²) in [6.45, 7) is 3.75. The largest absolute Gasteiger partial charge is 0.400 e. The highest BCUT2D eigenvalue weighted by Gasteiger charge is 2.37. The van der Waals surface area contributed by atoms with Gasteiger partial charge in [-0.3, -0.25) is 0 Å². The second-order valence-electron chi connectivity index (χ2n) is 3.75. The van der Waals surface area contributed by atoms with Gasteiger partial charge in [-0.05, 0) is 6.92 Å². The Balaban J connectivity index is 1.97. The van der Waals surface area contributed by atoms with Crippen LogP contribution in [0.1, 0.15) is 6.92 Å².